The van der Waals surface area contributed by atoms with Gasteiger partial charge in [-0.1, -0.05) is 13.8 Å². The van der Waals surface area contributed by atoms with Crippen LogP contribution in [-0.2, 0) is 0 Å². The SMILES string of the molecule is COc1cnccc1C(=O)NCCNC(C)C. The van der Waals surface area contributed by atoms with Gasteiger partial charge in [0.25, 0.3) is 5.91 Å². The molecule has 0 aliphatic heterocycles. The Morgan fingerprint density at radius 1 is 1.47 bits per heavy atom. The smallest absolute Gasteiger partial charge is 0.255 e. The van der Waals surface area contributed by atoms with Crippen molar-refractivity contribution in [1.82, 2.24) is 15.6 Å². The molecular weight excluding hydrogens is 218 g/mol. The highest BCUT2D eigenvalue weighted by atomic mass is 16.5. The Bertz CT molecular complexity index is 367. The average Bonchev–Trinajstić information content (AvgIpc) is 2.34. The third kappa shape index (κ3) is 4.40. The molecule has 94 valence electrons. The molecule has 1 heterocycles. The second-order valence-electron chi connectivity index (χ2n) is 3.94. The predicted molar refractivity (Wildman–Crippen MR) is 66.3 cm³/mol. The minimum atomic E-state index is -0.144. The first-order valence-corrected chi connectivity index (χ1v) is 5.64. The molecule has 0 fully saturated rings. The molecule has 1 aromatic rings. The number of carbonyl (C=O) groups is 1. The molecule has 1 rings (SSSR count). The van der Waals surface area contributed by atoms with Gasteiger partial charge in [-0.2, -0.15) is 0 Å². The first-order chi connectivity index (χ1) is 8.15. The van der Waals surface area contributed by atoms with E-state index in [2.05, 4.69) is 29.5 Å². The number of rotatable bonds is 6. The molecule has 0 atom stereocenters. The van der Waals surface area contributed by atoms with Crippen molar-refractivity contribution >= 4 is 5.91 Å². The molecule has 0 spiro atoms. The van der Waals surface area contributed by atoms with Crippen molar-refractivity contribution in [3.8, 4) is 5.75 Å². The van der Waals surface area contributed by atoms with E-state index in [-0.39, 0.29) is 5.91 Å². The van der Waals surface area contributed by atoms with E-state index < -0.39 is 0 Å². The number of carbonyl (C=O) groups excluding carboxylic acids is 1. The quantitative estimate of drug-likeness (QED) is 0.719. The van der Waals surface area contributed by atoms with E-state index in [1.165, 1.54) is 13.3 Å². The summed E-state index contributed by atoms with van der Waals surface area (Å²) in [7, 11) is 1.52. The lowest BCUT2D eigenvalue weighted by Gasteiger charge is -2.10. The van der Waals surface area contributed by atoms with Crippen molar-refractivity contribution in [1.29, 1.82) is 0 Å². The molecule has 0 saturated heterocycles. The molecular formula is C12H19N3O2. The fourth-order valence-electron chi connectivity index (χ4n) is 1.36. The van der Waals surface area contributed by atoms with Crippen molar-refractivity contribution < 1.29 is 9.53 Å². The number of pyridine rings is 1. The van der Waals surface area contributed by atoms with Gasteiger partial charge in [-0.3, -0.25) is 9.78 Å². The van der Waals surface area contributed by atoms with Crippen LogP contribution in [0.2, 0.25) is 0 Å². The average molecular weight is 237 g/mol. The molecule has 2 N–H and O–H groups in total. The number of nitrogens with one attached hydrogen (secondary N) is 2. The van der Waals surface area contributed by atoms with Crippen LogP contribution in [0.4, 0.5) is 0 Å². The van der Waals surface area contributed by atoms with Crippen LogP contribution >= 0.6 is 0 Å². The molecule has 0 bridgehead atoms. The molecule has 17 heavy (non-hydrogen) atoms. The van der Waals surface area contributed by atoms with E-state index in [9.17, 15) is 4.79 Å². The molecule has 0 aliphatic rings. The maximum atomic E-state index is 11.8. The van der Waals surface area contributed by atoms with Crippen molar-refractivity contribution in [3.63, 3.8) is 0 Å². The number of ether oxygens (including phenoxy) is 1. The van der Waals surface area contributed by atoms with Gasteiger partial charge in [-0.05, 0) is 6.07 Å². The molecule has 0 aliphatic carbocycles. The highest BCUT2D eigenvalue weighted by Crippen LogP contribution is 2.14. The highest BCUT2D eigenvalue weighted by molar-refractivity contribution is 5.96. The lowest BCUT2D eigenvalue weighted by molar-refractivity contribution is 0.0950. The lowest BCUT2D eigenvalue weighted by atomic mass is 10.2. The molecule has 0 aromatic carbocycles. The fraction of sp³-hybridized carbons (Fsp3) is 0.500. The summed E-state index contributed by atoms with van der Waals surface area (Å²) in [5.41, 5.74) is 0.507. The Labute approximate surface area is 102 Å². The highest BCUT2D eigenvalue weighted by Gasteiger charge is 2.10. The van der Waals surface area contributed by atoms with Crippen LogP contribution in [0.1, 0.15) is 24.2 Å². The first-order valence-electron chi connectivity index (χ1n) is 5.64. The first kappa shape index (κ1) is 13.4. The van der Waals surface area contributed by atoms with E-state index in [0.29, 0.717) is 23.9 Å². The van der Waals surface area contributed by atoms with E-state index in [4.69, 9.17) is 4.74 Å². The van der Waals surface area contributed by atoms with Crippen LogP contribution in [0.3, 0.4) is 0 Å². The monoisotopic (exact) mass is 237 g/mol. The van der Waals surface area contributed by atoms with Gasteiger partial charge >= 0.3 is 0 Å². The van der Waals surface area contributed by atoms with Gasteiger partial charge in [-0.25, -0.2) is 0 Å². The Kier molecular flexibility index (Phi) is 5.42. The number of methoxy groups -OCH3 is 1. The van der Waals surface area contributed by atoms with Crippen LogP contribution in [0.25, 0.3) is 0 Å². The minimum absolute atomic E-state index is 0.144. The number of aromatic nitrogens is 1. The van der Waals surface area contributed by atoms with E-state index >= 15 is 0 Å². The maximum absolute atomic E-state index is 11.8. The van der Waals surface area contributed by atoms with Crippen molar-refractivity contribution in [2.45, 2.75) is 19.9 Å². The van der Waals surface area contributed by atoms with Crippen molar-refractivity contribution in [2.24, 2.45) is 0 Å². The second kappa shape index (κ2) is 6.85. The van der Waals surface area contributed by atoms with Gasteiger partial charge in [0.2, 0.25) is 0 Å². The van der Waals surface area contributed by atoms with Gasteiger partial charge < -0.3 is 15.4 Å². The Hall–Kier alpha value is -1.62. The van der Waals surface area contributed by atoms with Crippen LogP contribution in [-0.4, -0.2) is 37.1 Å². The molecule has 0 saturated carbocycles. The van der Waals surface area contributed by atoms with Crippen LogP contribution < -0.4 is 15.4 Å². The van der Waals surface area contributed by atoms with Gasteiger partial charge in [0.05, 0.1) is 18.9 Å². The number of amides is 1. The lowest BCUT2D eigenvalue weighted by Crippen LogP contribution is -2.34. The fourth-order valence-corrected chi connectivity index (χ4v) is 1.36. The summed E-state index contributed by atoms with van der Waals surface area (Å²) in [6.45, 7) is 5.46. The maximum Gasteiger partial charge on any atom is 0.255 e. The summed E-state index contributed by atoms with van der Waals surface area (Å²) >= 11 is 0. The van der Waals surface area contributed by atoms with Gasteiger partial charge in [0.1, 0.15) is 5.75 Å². The summed E-state index contributed by atoms with van der Waals surface area (Å²) in [5.74, 6) is 0.344. The Morgan fingerprint density at radius 3 is 2.88 bits per heavy atom. The molecule has 5 heteroatoms. The molecule has 1 aromatic heterocycles. The van der Waals surface area contributed by atoms with Crippen LogP contribution in [0.5, 0.6) is 5.75 Å². The van der Waals surface area contributed by atoms with E-state index in [1.807, 2.05) is 0 Å². The third-order valence-electron chi connectivity index (χ3n) is 2.21. The number of hydrogen-bond acceptors (Lipinski definition) is 4. The third-order valence-corrected chi connectivity index (χ3v) is 2.21. The standard InChI is InChI=1S/C12H19N3O2/c1-9(2)14-6-7-15-12(16)10-4-5-13-8-11(10)17-3/h4-5,8-9,14H,6-7H2,1-3H3,(H,15,16). The summed E-state index contributed by atoms with van der Waals surface area (Å²) < 4.78 is 5.07. The molecule has 5 nitrogen and oxygen atoms in total. The minimum Gasteiger partial charge on any atom is -0.494 e. The molecule has 0 radical (unpaired) electrons. The number of nitrogens with zero attached hydrogens (tertiary/aromatic N) is 1. The molecule has 0 unspecified atom stereocenters. The number of hydrogen-bond donors (Lipinski definition) is 2. The van der Waals surface area contributed by atoms with Crippen LogP contribution in [0, 0.1) is 0 Å². The Morgan fingerprint density at radius 2 is 2.24 bits per heavy atom. The zero-order valence-corrected chi connectivity index (χ0v) is 10.5. The largest absolute Gasteiger partial charge is 0.494 e. The summed E-state index contributed by atoms with van der Waals surface area (Å²) in [6, 6.07) is 2.06. The topological polar surface area (TPSA) is 63.2 Å². The summed E-state index contributed by atoms with van der Waals surface area (Å²) in [6.07, 6.45) is 3.10. The molecule has 1 amide bonds. The Balaban J connectivity index is 2.47. The summed E-state index contributed by atoms with van der Waals surface area (Å²) in [4.78, 5) is 15.7. The van der Waals surface area contributed by atoms with Gasteiger partial charge in [-0.15, -0.1) is 0 Å². The second-order valence-corrected chi connectivity index (χ2v) is 3.94. The van der Waals surface area contributed by atoms with E-state index in [1.54, 1.807) is 12.3 Å². The summed E-state index contributed by atoms with van der Waals surface area (Å²) in [5, 5.41) is 6.04. The van der Waals surface area contributed by atoms with E-state index in [0.717, 1.165) is 6.54 Å². The van der Waals surface area contributed by atoms with Crippen LogP contribution in [0.15, 0.2) is 18.5 Å². The normalized spacial score (nSPS) is 10.4. The van der Waals surface area contributed by atoms with Gasteiger partial charge in [0, 0.05) is 25.3 Å². The zero-order valence-electron chi connectivity index (χ0n) is 10.5. The zero-order chi connectivity index (χ0) is 12.7. The predicted octanol–water partition coefficient (Wildman–Crippen LogP) is 0.818. The van der Waals surface area contributed by atoms with Crippen molar-refractivity contribution in [3.05, 3.63) is 24.0 Å². The van der Waals surface area contributed by atoms with Crippen molar-refractivity contribution in [2.75, 3.05) is 20.2 Å². The van der Waals surface area contributed by atoms with Gasteiger partial charge in [0.15, 0.2) is 0 Å².